The summed E-state index contributed by atoms with van der Waals surface area (Å²) in [6.45, 7) is 1.15. The number of nitrogens with one attached hydrogen (secondary N) is 1. The van der Waals surface area contributed by atoms with Crippen LogP contribution in [-0.4, -0.2) is 44.0 Å². The van der Waals surface area contributed by atoms with Gasteiger partial charge in [-0.25, -0.2) is 0 Å². The normalized spacial score (nSPS) is 16.1. The fourth-order valence-electron chi connectivity index (χ4n) is 3.57. The number of nitrogens with zero attached hydrogens (tertiary/aromatic N) is 1. The molecule has 0 aliphatic carbocycles. The molecule has 2 heterocycles. The number of furan rings is 1. The van der Waals surface area contributed by atoms with Crippen LogP contribution in [0.1, 0.15) is 47.8 Å². The number of amides is 2. The number of likely N-dealkylation sites (tertiary alicyclic amines) is 1. The van der Waals surface area contributed by atoms with E-state index in [4.69, 9.17) is 13.9 Å². The van der Waals surface area contributed by atoms with E-state index in [1.165, 1.54) is 6.26 Å². The molecule has 1 N–H and O–H groups in total. The quantitative estimate of drug-likeness (QED) is 0.705. The maximum Gasteiger partial charge on any atom is 0.286 e. The lowest BCUT2D eigenvalue weighted by atomic mass is 10.0. The summed E-state index contributed by atoms with van der Waals surface area (Å²) in [5, 5.41) is 2.77. The lowest BCUT2D eigenvalue weighted by Crippen LogP contribution is -2.32. The highest BCUT2D eigenvalue weighted by atomic mass is 16.5. The van der Waals surface area contributed by atoms with Gasteiger partial charge in [0.05, 0.1) is 26.5 Å². The molecule has 1 aliphatic heterocycles. The maximum absolute atomic E-state index is 12.8. The van der Waals surface area contributed by atoms with E-state index in [1.807, 2.05) is 23.1 Å². The van der Waals surface area contributed by atoms with Crippen LogP contribution in [0.4, 0.5) is 0 Å². The molecule has 1 atom stereocenters. The van der Waals surface area contributed by atoms with Gasteiger partial charge in [-0.15, -0.1) is 0 Å². The molecule has 1 saturated heterocycles. The number of hydrogen-bond donors (Lipinski definition) is 1. The molecule has 1 fully saturated rings. The van der Waals surface area contributed by atoms with Crippen LogP contribution in [0.25, 0.3) is 0 Å². The zero-order valence-corrected chi connectivity index (χ0v) is 16.3. The van der Waals surface area contributed by atoms with Gasteiger partial charge in [-0.2, -0.15) is 0 Å². The Hall–Kier alpha value is -2.96. The summed E-state index contributed by atoms with van der Waals surface area (Å²) < 4.78 is 15.9. The van der Waals surface area contributed by atoms with Crippen molar-refractivity contribution >= 4 is 11.8 Å². The molecule has 0 spiro atoms. The third-order valence-corrected chi connectivity index (χ3v) is 4.97. The zero-order valence-electron chi connectivity index (χ0n) is 16.3. The Labute approximate surface area is 164 Å². The van der Waals surface area contributed by atoms with Gasteiger partial charge in [-0.1, -0.05) is 0 Å². The summed E-state index contributed by atoms with van der Waals surface area (Å²) in [4.78, 5) is 26.5. The van der Waals surface area contributed by atoms with Crippen LogP contribution in [-0.2, 0) is 4.79 Å². The first-order valence-corrected chi connectivity index (χ1v) is 9.47. The van der Waals surface area contributed by atoms with Gasteiger partial charge in [0, 0.05) is 25.1 Å². The van der Waals surface area contributed by atoms with Crippen molar-refractivity contribution in [3.63, 3.8) is 0 Å². The molecule has 1 aromatic carbocycles. The highest BCUT2D eigenvalue weighted by Gasteiger charge is 2.31. The minimum absolute atomic E-state index is 0.0183. The zero-order chi connectivity index (χ0) is 19.9. The number of rotatable bonds is 8. The average molecular weight is 386 g/mol. The molecule has 2 amide bonds. The molecule has 1 unspecified atom stereocenters. The second kappa shape index (κ2) is 9.30. The van der Waals surface area contributed by atoms with Crippen molar-refractivity contribution in [3.8, 4) is 11.5 Å². The summed E-state index contributed by atoms with van der Waals surface area (Å²) in [5.41, 5.74) is 0.971. The minimum atomic E-state index is -0.266. The molecule has 1 aliphatic rings. The van der Waals surface area contributed by atoms with Gasteiger partial charge in [0.2, 0.25) is 5.91 Å². The Morgan fingerprint density at radius 3 is 2.82 bits per heavy atom. The summed E-state index contributed by atoms with van der Waals surface area (Å²) in [7, 11) is 3.26. The number of ether oxygens (including phenoxy) is 2. The molecular formula is C21H26N2O5. The van der Waals surface area contributed by atoms with Crippen molar-refractivity contribution in [2.45, 2.75) is 31.7 Å². The summed E-state index contributed by atoms with van der Waals surface area (Å²) in [5.74, 6) is 1.60. The summed E-state index contributed by atoms with van der Waals surface area (Å²) >= 11 is 0. The van der Waals surface area contributed by atoms with Gasteiger partial charge >= 0.3 is 0 Å². The summed E-state index contributed by atoms with van der Waals surface area (Å²) in [6, 6.07) is 8.92. The molecule has 0 bridgehead atoms. The van der Waals surface area contributed by atoms with Gasteiger partial charge in [0.25, 0.3) is 5.91 Å². The molecule has 0 radical (unpaired) electrons. The number of hydrogen-bond acceptors (Lipinski definition) is 5. The first-order chi connectivity index (χ1) is 13.6. The predicted octanol–water partition coefficient (Wildman–Crippen LogP) is 3.17. The van der Waals surface area contributed by atoms with Crippen LogP contribution in [0.15, 0.2) is 41.0 Å². The molecule has 1 aromatic heterocycles. The smallest absolute Gasteiger partial charge is 0.286 e. The molecule has 3 rings (SSSR count). The van der Waals surface area contributed by atoms with E-state index in [0.717, 1.165) is 36.4 Å². The van der Waals surface area contributed by atoms with Gasteiger partial charge in [0.15, 0.2) is 5.76 Å². The second-order valence-corrected chi connectivity index (χ2v) is 6.69. The number of benzene rings is 1. The van der Waals surface area contributed by atoms with Crippen LogP contribution >= 0.6 is 0 Å². The largest absolute Gasteiger partial charge is 0.497 e. The minimum Gasteiger partial charge on any atom is -0.497 e. The fourth-order valence-corrected chi connectivity index (χ4v) is 3.57. The van der Waals surface area contributed by atoms with Crippen LogP contribution in [0.5, 0.6) is 11.5 Å². The lowest BCUT2D eigenvalue weighted by Gasteiger charge is -2.27. The predicted molar refractivity (Wildman–Crippen MR) is 104 cm³/mol. The highest BCUT2D eigenvalue weighted by Crippen LogP contribution is 2.39. The van der Waals surface area contributed by atoms with E-state index in [2.05, 4.69) is 5.32 Å². The Morgan fingerprint density at radius 1 is 1.25 bits per heavy atom. The van der Waals surface area contributed by atoms with Crippen molar-refractivity contribution in [2.75, 3.05) is 27.3 Å². The SMILES string of the molecule is COc1ccc(OC)c(C2CCCN2C(=O)CCCNC(=O)c2ccco2)c1. The van der Waals surface area contributed by atoms with Gasteiger partial charge < -0.3 is 24.1 Å². The van der Waals surface area contributed by atoms with E-state index >= 15 is 0 Å². The topological polar surface area (TPSA) is 81.0 Å². The van der Waals surface area contributed by atoms with Crippen molar-refractivity contribution < 1.29 is 23.5 Å². The summed E-state index contributed by atoms with van der Waals surface area (Å²) in [6.07, 6.45) is 4.25. The molecule has 28 heavy (non-hydrogen) atoms. The van der Waals surface area contributed by atoms with Crippen LogP contribution in [0.3, 0.4) is 0 Å². The Morgan fingerprint density at radius 2 is 2.11 bits per heavy atom. The van der Waals surface area contributed by atoms with E-state index in [0.29, 0.717) is 19.4 Å². The van der Waals surface area contributed by atoms with E-state index in [9.17, 15) is 9.59 Å². The first-order valence-electron chi connectivity index (χ1n) is 9.47. The molecular weight excluding hydrogens is 360 g/mol. The first kappa shape index (κ1) is 19.8. The number of carbonyl (C=O) groups is 2. The molecule has 2 aromatic rings. The monoisotopic (exact) mass is 386 g/mol. The second-order valence-electron chi connectivity index (χ2n) is 6.69. The molecule has 7 nitrogen and oxygen atoms in total. The Bertz CT molecular complexity index is 803. The molecule has 0 saturated carbocycles. The third kappa shape index (κ3) is 4.47. The van der Waals surface area contributed by atoms with Gasteiger partial charge in [-0.05, 0) is 49.6 Å². The van der Waals surface area contributed by atoms with Gasteiger partial charge in [0.1, 0.15) is 11.5 Å². The average Bonchev–Trinajstić information content (AvgIpc) is 3.42. The Kier molecular flexibility index (Phi) is 6.57. The van der Waals surface area contributed by atoms with E-state index in [1.54, 1.807) is 26.4 Å². The standard InChI is InChI=1S/C21H26N2O5/c1-26-15-9-10-18(27-2)16(14-15)17-6-4-12-23(17)20(24)8-3-11-22-21(25)19-7-5-13-28-19/h5,7,9-10,13-14,17H,3-4,6,8,11-12H2,1-2H3,(H,22,25). The van der Waals surface area contributed by atoms with Crippen molar-refractivity contribution in [1.29, 1.82) is 0 Å². The van der Waals surface area contributed by atoms with Crippen molar-refractivity contribution in [3.05, 3.63) is 47.9 Å². The van der Waals surface area contributed by atoms with Crippen LogP contribution in [0.2, 0.25) is 0 Å². The molecule has 150 valence electrons. The van der Waals surface area contributed by atoms with Crippen LogP contribution < -0.4 is 14.8 Å². The van der Waals surface area contributed by atoms with E-state index in [-0.39, 0.29) is 23.6 Å². The maximum atomic E-state index is 12.8. The van der Waals surface area contributed by atoms with Crippen molar-refractivity contribution in [1.82, 2.24) is 10.2 Å². The fraction of sp³-hybridized carbons (Fsp3) is 0.429. The van der Waals surface area contributed by atoms with Gasteiger partial charge in [-0.3, -0.25) is 9.59 Å². The lowest BCUT2D eigenvalue weighted by molar-refractivity contribution is -0.132. The number of methoxy groups -OCH3 is 2. The highest BCUT2D eigenvalue weighted by molar-refractivity contribution is 5.91. The van der Waals surface area contributed by atoms with Crippen LogP contribution in [0, 0.1) is 0 Å². The Balaban J connectivity index is 1.57. The third-order valence-electron chi connectivity index (χ3n) is 4.97. The van der Waals surface area contributed by atoms with E-state index < -0.39 is 0 Å². The number of carbonyl (C=O) groups excluding carboxylic acids is 2. The van der Waals surface area contributed by atoms with Crippen molar-refractivity contribution in [2.24, 2.45) is 0 Å². The molecule has 7 heteroatoms.